The molecule has 0 aliphatic carbocycles. The Bertz CT molecular complexity index is 465. The summed E-state index contributed by atoms with van der Waals surface area (Å²) in [6.07, 6.45) is 0.395. The Labute approximate surface area is 109 Å². The van der Waals surface area contributed by atoms with Crippen LogP contribution in [0, 0.1) is 11.7 Å². The molecule has 2 N–H and O–H groups in total. The molecule has 0 fully saturated rings. The number of hydrogen-bond acceptors (Lipinski definition) is 2. The van der Waals surface area contributed by atoms with Gasteiger partial charge >= 0.3 is 5.97 Å². The molecule has 1 unspecified atom stereocenters. The molecule has 0 aliphatic heterocycles. The lowest BCUT2D eigenvalue weighted by molar-refractivity contribution is -0.141. The van der Waals surface area contributed by atoms with Gasteiger partial charge in [-0.25, -0.2) is 4.39 Å². The highest BCUT2D eigenvalue weighted by Gasteiger charge is 2.18. The van der Waals surface area contributed by atoms with Crippen LogP contribution in [0.25, 0.3) is 0 Å². The molecule has 0 radical (unpaired) electrons. The average Bonchev–Trinajstić information content (AvgIpc) is 2.32. The number of carbonyl (C=O) groups is 2. The highest BCUT2D eigenvalue weighted by atomic mass is 35.5. The molecule has 18 heavy (non-hydrogen) atoms. The number of halogens is 2. The molecule has 6 heteroatoms. The summed E-state index contributed by atoms with van der Waals surface area (Å²) in [5, 5.41) is 11.0. The van der Waals surface area contributed by atoms with Crippen molar-refractivity contribution in [1.29, 1.82) is 0 Å². The molecule has 1 aromatic carbocycles. The lowest BCUT2D eigenvalue weighted by Gasteiger charge is -2.11. The zero-order chi connectivity index (χ0) is 13.7. The minimum atomic E-state index is -0.983. The number of benzene rings is 1. The SMILES string of the molecule is CCC(CNC(=O)c1cccc(F)c1Cl)C(=O)O. The van der Waals surface area contributed by atoms with Crippen LogP contribution >= 0.6 is 11.6 Å². The monoisotopic (exact) mass is 273 g/mol. The first-order valence-electron chi connectivity index (χ1n) is 5.42. The molecule has 0 aliphatic rings. The maximum atomic E-state index is 13.1. The Morgan fingerprint density at radius 2 is 2.17 bits per heavy atom. The summed E-state index contributed by atoms with van der Waals surface area (Å²) >= 11 is 5.65. The second-order valence-corrected chi connectivity index (χ2v) is 4.13. The van der Waals surface area contributed by atoms with Crippen LogP contribution in [0.5, 0.6) is 0 Å². The molecule has 1 amide bonds. The maximum Gasteiger partial charge on any atom is 0.308 e. The van der Waals surface area contributed by atoms with Crippen molar-refractivity contribution in [2.45, 2.75) is 13.3 Å². The molecular weight excluding hydrogens is 261 g/mol. The highest BCUT2D eigenvalue weighted by Crippen LogP contribution is 2.19. The first-order chi connectivity index (χ1) is 8.47. The van der Waals surface area contributed by atoms with Crippen LogP contribution < -0.4 is 5.32 Å². The third-order valence-electron chi connectivity index (χ3n) is 2.55. The first-order valence-corrected chi connectivity index (χ1v) is 5.80. The van der Waals surface area contributed by atoms with E-state index in [0.717, 1.165) is 6.07 Å². The number of hydrogen-bond donors (Lipinski definition) is 2. The van der Waals surface area contributed by atoms with Crippen molar-refractivity contribution in [3.8, 4) is 0 Å². The number of aliphatic carboxylic acids is 1. The fourth-order valence-corrected chi connectivity index (χ4v) is 1.61. The Balaban J connectivity index is 2.71. The second-order valence-electron chi connectivity index (χ2n) is 3.75. The fraction of sp³-hybridized carbons (Fsp3) is 0.333. The molecular formula is C12H13ClFNO3. The largest absolute Gasteiger partial charge is 0.481 e. The minimum absolute atomic E-state index is 0.00286. The molecule has 0 aromatic heterocycles. The van der Waals surface area contributed by atoms with Gasteiger partial charge in [0.15, 0.2) is 0 Å². The van der Waals surface area contributed by atoms with Crippen molar-refractivity contribution in [2.75, 3.05) is 6.54 Å². The van der Waals surface area contributed by atoms with Gasteiger partial charge < -0.3 is 10.4 Å². The molecule has 98 valence electrons. The van der Waals surface area contributed by atoms with Crippen LogP contribution in [0.4, 0.5) is 4.39 Å². The summed E-state index contributed by atoms with van der Waals surface area (Å²) in [4.78, 5) is 22.5. The molecule has 1 rings (SSSR count). The van der Waals surface area contributed by atoms with Gasteiger partial charge in [-0.15, -0.1) is 0 Å². The van der Waals surface area contributed by atoms with E-state index >= 15 is 0 Å². The molecule has 0 spiro atoms. The second kappa shape index (κ2) is 6.35. The highest BCUT2D eigenvalue weighted by molar-refractivity contribution is 6.34. The van der Waals surface area contributed by atoms with E-state index in [1.807, 2.05) is 0 Å². The number of carbonyl (C=O) groups excluding carboxylic acids is 1. The number of carboxylic acid groups (broad SMARTS) is 1. The van der Waals surface area contributed by atoms with Gasteiger partial charge in [-0.1, -0.05) is 24.6 Å². The number of carboxylic acids is 1. The van der Waals surface area contributed by atoms with Crippen LogP contribution in [0.15, 0.2) is 18.2 Å². The predicted molar refractivity (Wildman–Crippen MR) is 65.2 cm³/mol. The summed E-state index contributed by atoms with van der Waals surface area (Å²) in [7, 11) is 0. The normalized spacial score (nSPS) is 11.9. The van der Waals surface area contributed by atoms with E-state index in [9.17, 15) is 14.0 Å². The van der Waals surface area contributed by atoms with Crippen LogP contribution in [-0.4, -0.2) is 23.5 Å². The maximum absolute atomic E-state index is 13.1. The van der Waals surface area contributed by atoms with Crippen LogP contribution in [0.2, 0.25) is 5.02 Å². The topological polar surface area (TPSA) is 66.4 Å². The third kappa shape index (κ3) is 3.43. The van der Waals surface area contributed by atoms with Crippen molar-refractivity contribution in [1.82, 2.24) is 5.32 Å². The summed E-state index contributed by atoms with van der Waals surface area (Å²) in [5.74, 6) is -2.92. The van der Waals surface area contributed by atoms with Crippen LogP contribution in [-0.2, 0) is 4.79 Å². The molecule has 1 aromatic rings. The van der Waals surface area contributed by atoms with Crippen LogP contribution in [0.3, 0.4) is 0 Å². The Hall–Kier alpha value is -1.62. The van der Waals surface area contributed by atoms with E-state index in [2.05, 4.69) is 5.32 Å². The fourth-order valence-electron chi connectivity index (χ4n) is 1.40. The van der Waals surface area contributed by atoms with E-state index in [1.165, 1.54) is 12.1 Å². The Kier molecular flexibility index (Phi) is 5.09. The van der Waals surface area contributed by atoms with Gasteiger partial charge in [-0.2, -0.15) is 0 Å². The minimum Gasteiger partial charge on any atom is -0.481 e. The summed E-state index contributed by atoms with van der Waals surface area (Å²) in [6, 6.07) is 3.89. The molecule has 0 bridgehead atoms. The van der Waals surface area contributed by atoms with Gasteiger partial charge in [-0.3, -0.25) is 9.59 Å². The lowest BCUT2D eigenvalue weighted by atomic mass is 10.1. The lowest BCUT2D eigenvalue weighted by Crippen LogP contribution is -2.32. The predicted octanol–water partition coefficient (Wildman–Crippen LogP) is 2.32. The average molecular weight is 274 g/mol. The van der Waals surface area contributed by atoms with Gasteiger partial charge in [0.05, 0.1) is 16.5 Å². The zero-order valence-electron chi connectivity index (χ0n) is 9.74. The summed E-state index contributed by atoms with van der Waals surface area (Å²) in [6.45, 7) is 1.69. The number of amides is 1. The van der Waals surface area contributed by atoms with Gasteiger partial charge in [0.25, 0.3) is 5.91 Å². The Morgan fingerprint density at radius 3 is 2.72 bits per heavy atom. The van der Waals surface area contributed by atoms with E-state index < -0.39 is 23.6 Å². The first kappa shape index (κ1) is 14.4. The van der Waals surface area contributed by atoms with E-state index in [1.54, 1.807) is 6.92 Å². The number of rotatable bonds is 5. The standard InChI is InChI=1S/C12H13ClFNO3/c1-2-7(12(17)18)6-15-11(16)8-4-3-5-9(14)10(8)13/h3-5,7H,2,6H2,1H3,(H,15,16)(H,17,18). The van der Waals surface area contributed by atoms with Gasteiger partial charge in [-0.05, 0) is 18.6 Å². The van der Waals surface area contributed by atoms with Crippen molar-refractivity contribution >= 4 is 23.5 Å². The van der Waals surface area contributed by atoms with Gasteiger partial charge in [0.2, 0.25) is 0 Å². The van der Waals surface area contributed by atoms with E-state index in [4.69, 9.17) is 16.7 Å². The zero-order valence-corrected chi connectivity index (χ0v) is 10.5. The van der Waals surface area contributed by atoms with E-state index in [-0.39, 0.29) is 17.1 Å². The third-order valence-corrected chi connectivity index (χ3v) is 2.93. The molecule has 0 heterocycles. The quantitative estimate of drug-likeness (QED) is 0.865. The summed E-state index contributed by atoms with van der Waals surface area (Å²) in [5.41, 5.74) is -0.00286. The molecule has 0 saturated heterocycles. The Morgan fingerprint density at radius 1 is 1.50 bits per heavy atom. The molecule has 4 nitrogen and oxygen atoms in total. The summed E-state index contributed by atoms with van der Waals surface area (Å²) < 4.78 is 13.1. The number of nitrogens with one attached hydrogen (secondary N) is 1. The van der Waals surface area contributed by atoms with Crippen molar-refractivity contribution in [2.24, 2.45) is 5.92 Å². The van der Waals surface area contributed by atoms with Crippen molar-refractivity contribution < 1.29 is 19.1 Å². The van der Waals surface area contributed by atoms with Crippen molar-refractivity contribution in [3.05, 3.63) is 34.6 Å². The smallest absolute Gasteiger partial charge is 0.308 e. The molecule has 1 atom stereocenters. The molecule has 0 saturated carbocycles. The van der Waals surface area contributed by atoms with Crippen LogP contribution in [0.1, 0.15) is 23.7 Å². The van der Waals surface area contributed by atoms with Crippen molar-refractivity contribution in [3.63, 3.8) is 0 Å². The van der Waals surface area contributed by atoms with Gasteiger partial charge in [0, 0.05) is 6.54 Å². The van der Waals surface area contributed by atoms with E-state index in [0.29, 0.717) is 6.42 Å². The van der Waals surface area contributed by atoms with Gasteiger partial charge in [0.1, 0.15) is 5.82 Å².